The number of carboxylic acid groups (broad SMARTS) is 2. The Kier molecular flexibility index (Phi) is 6.98. The van der Waals surface area contributed by atoms with Crippen molar-refractivity contribution in [2.75, 3.05) is 0 Å². The van der Waals surface area contributed by atoms with Crippen molar-refractivity contribution in [3.8, 4) is 0 Å². The third-order valence-electron chi connectivity index (χ3n) is 1.39. The Hall–Kier alpha value is -1.11. The Morgan fingerprint density at radius 1 is 0.929 bits per heavy atom. The molecule has 5 nitrogen and oxygen atoms in total. The largest absolute Gasteiger partial charge is 0.478 e. The van der Waals surface area contributed by atoms with Gasteiger partial charge in [0.25, 0.3) is 0 Å². The predicted molar refractivity (Wildman–Crippen MR) is 52.5 cm³/mol. The van der Waals surface area contributed by atoms with Gasteiger partial charge in [-0.3, -0.25) is 0 Å². The molecular weight excluding hydrogens is 200 g/mol. The molecule has 0 aromatic heterocycles. The summed E-state index contributed by atoms with van der Waals surface area (Å²) in [6.07, 6.45) is 0. The topological polar surface area (TPSA) is 106 Å². The van der Waals surface area contributed by atoms with Crippen molar-refractivity contribution in [2.45, 2.75) is 0 Å². The molecule has 0 saturated heterocycles. The molecule has 0 aliphatic carbocycles. The molecule has 4 N–H and O–H groups in total. The lowest BCUT2D eigenvalue weighted by molar-refractivity contribution is 0.0651. The van der Waals surface area contributed by atoms with E-state index in [1.807, 2.05) is 0 Å². The van der Waals surface area contributed by atoms with Crippen LogP contribution < -0.4 is 0 Å². The van der Waals surface area contributed by atoms with Crippen LogP contribution in [-0.2, 0) is 0 Å². The number of carbonyl (C=O) groups is 2. The molecule has 0 atom stereocenters. The van der Waals surface area contributed by atoms with Gasteiger partial charge in [0.15, 0.2) is 0 Å². The fraction of sp³-hybridized carbons (Fsp3) is 0. The van der Waals surface area contributed by atoms with Crippen LogP contribution in [0.25, 0.3) is 0 Å². The predicted octanol–water partition coefficient (Wildman–Crippen LogP) is -0.658. The van der Waals surface area contributed by atoms with E-state index in [1.54, 1.807) is 0 Å². The summed E-state index contributed by atoms with van der Waals surface area (Å²) in [5, 5.41) is 17.1. The SMILES string of the molecule is O.O=C(O)c1ccccc1C(=O)O.[MgH2]. The Labute approximate surface area is 95.8 Å². The molecule has 0 spiro atoms. The summed E-state index contributed by atoms with van der Waals surface area (Å²) >= 11 is 0. The van der Waals surface area contributed by atoms with E-state index in [4.69, 9.17) is 10.2 Å². The van der Waals surface area contributed by atoms with E-state index in [9.17, 15) is 9.59 Å². The summed E-state index contributed by atoms with van der Waals surface area (Å²) in [7, 11) is 0. The quantitative estimate of drug-likeness (QED) is 0.632. The summed E-state index contributed by atoms with van der Waals surface area (Å²) in [6, 6.07) is 5.48. The lowest BCUT2D eigenvalue weighted by Gasteiger charge is -1.98. The minimum absolute atomic E-state index is 0. The lowest BCUT2D eigenvalue weighted by atomic mass is 10.1. The van der Waals surface area contributed by atoms with Crippen LogP contribution in [-0.4, -0.2) is 50.7 Å². The van der Waals surface area contributed by atoms with Crippen molar-refractivity contribution in [3.05, 3.63) is 35.4 Å². The molecule has 0 fully saturated rings. The third-order valence-corrected chi connectivity index (χ3v) is 1.39. The number of benzene rings is 1. The maximum absolute atomic E-state index is 10.5. The van der Waals surface area contributed by atoms with Gasteiger partial charge in [0.05, 0.1) is 11.1 Å². The van der Waals surface area contributed by atoms with Crippen molar-refractivity contribution in [3.63, 3.8) is 0 Å². The maximum atomic E-state index is 10.5. The third kappa shape index (κ3) is 3.33. The number of hydrogen-bond acceptors (Lipinski definition) is 2. The monoisotopic (exact) mass is 210 g/mol. The maximum Gasteiger partial charge on any atom is 0.336 e. The van der Waals surface area contributed by atoms with Gasteiger partial charge in [-0.1, -0.05) is 12.1 Å². The minimum atomic E-state index is -1.23. The Bertz CT molecular complexity index is 303. The van der Waals surface area contributed by atoms with E-state index in [0.29, 0.717) is 0 Å². The Balaban J connectivity index is 0. The molecule has 0 aliphatic rings. The first-order valence-corrected chi connectivity index (χ1v) is 3.18. The highest BCUT2D eigenvalue weighted by atomic mass is 24.3. The van der Waals surface area contributed by atoms with Crippen LogP contribution in [0.4, 0.5) is 0 Å². The number of aromatic carboxylic acids is 2. The summed E-state index contributed by atoms with van der Waals surface area (Å²) in [5.41, 5.74) is -0.380. The van der Waals surface area contributed by atoms with Crippen molar-refractivity contribution in [2.24, 2.45) is 0 Å². The first-order valence-electron chi connectivity index (χ1n) is 3.18. The molecule has 0 aliphatic heterocycles. The molecule has 0 bridgehead atoms. The number of hydrogen-bond donors (Lipinski definition) is 2. The van der Waals surface area contributed by atoms with E-state index in [1.165, 1.54) is 24.3 Å². The van der Waals surface area contributed by atoms with Crippen molar-refractivity contribution in [1.29, 1.82) is 0 Å². The zero-order valence-electron chi connectivity index (χ0n) is 6.52. The van der Waals surface area contributed by atoms with E-state index >= 15 is 0 Å². The summed E-state index contributed by atoms with van der Waals surface area (Å²) in [5.74, 6) is -2.46. The summed E-state index contributed by atoms with van der Waals surface area (Å²) in [4.78, 5) is 20.9. The van der Waals surface area contributed by atoms with Crippen molar-refractivity contribution < 1.29 is 25.3 Å². The molecule has 0 saturated carbocycles. The van der Waals surface area contributed by atoms with Crippen molar-refractivity contribution in [1.82, 2.24) is 0 Å². The Morgan fingerprint density at radius 2 is 1.21 bits per heavy atom. The molecule has 1 aromatic carbocycles. The van der Waals surface area contributed by atoms with Gasteiger partial charge in [-0.05, 0) is 12.1 Å². The molecule has 14 heavy (non-hydrogen) atoms. The van der Waals surface area contributed by atoms with Gasteiger partial charge >= 0.3 is 35.0 Å². The first-order chi connectivity index (χ1) is 5.63. The van der Waals surface area contributed by atoms with Crippen LogP contribution >= 0.6 is 0 Å². The molecule has 1 aromatic rings. The molecule has 74 valence electrons. The summed E-state index contributed by atoms with van der Waals surface area (Å²) in [6.45, 7) is 0. The molecule has 0 heterocycles. The van der Waals surface area contributed by atoms with Gasteiger partial charge in [-0.25, -0.2) is 9.59 Å². The zero-order chi connectivity index (χ0) is 9.14. The van der Waals surface area contributed by atoms with E-state index in [2.05, 4.69) is 0 Å². The second-order valence-corrected chi connectivity index (χ2v) is 2.16. The minimum Gasteiger partial charge on any atom is -0.478 e. The van der Waals surface area contributed by atoms with Gasteiger partial charge in [-0.2, -0.15) is 0 Å². The van der Waals surface area contributed by atoms with Crippen LogP contribution in [0.15, 0.2) is 24.3 Å². The van der Waals surface area contributed by atoms with Crippen LogP contribution in [0.3, 0.4) is 0 Å². The van der Waals surface area contributed by atoms with Crippen molar-refractivity contribution >= 4 is 35.0 Å². The second kappa shape index (κ2) is 6.36. The van der Waals surface area contributed by atoms with E-state index in [0.717, 1.165) is 0 Å². The zero-order valence-corrected chi connectivity index (χ0v) is 6.52. The second-order valence-electron chi connectivity index (χ2n) is 2.16. The van der Waals surface area contributed by atoms with Gasteiger partial charge in [-0.15, -0.1) is 0 Å². The van der Waals surface area contributed by atoms with Gasteiger partial charge in [0.1, 0.15) is 0 Å². The molecule has 0 amide bonds. The summed E-state index contributed by atoms with van der Waals surface area (Å²) < 4.78 is 0. The Morgan fingerprint density at radius 3 is 1.43 bits per heavy atom. The molecule has 0 unspecified atom stereocenters. The molecule has 6 heteroatoms. The fourth-order valence-corrected chi connectivity index (χ4v) is 0.856. The van der Waals surface area contributed by atoms with E-state index < -0.39 is 11.9 Å². The van der Waals surface area contributed by atoms with Gasteiger partial charge in [0.2, 0.25) is 0 Å². The molecular formula is C8H10MgO5. The standard InChI is InChI=1S/C8H6O4.Mg.H2O.2H/c9-7(10)5-3-1-2-4-6(5)8(11)12;;;;/h1-4H,(H,9,10)(H,11,12);;1H2;;. The lowest BCUT2D eigenvalue weighted by Crippen LogP contribution is -2.06. The first kappa shape index (κ1) is 15.4. The average molecular weight is 210 g/mol. The van der Waals surface area contributed by atoms with Gasteiger partial charge < -0.3 is 15.7 Å². The highest BCUT2D eigenvalue weighted by Gasteiger charge is 2.13. The number of carboxylic acids is 2. The highest BCUT2D eigenvalue weighted by Crippen LogP contribution is 2.07. The highest BCUT2D eigenvalue weighted by molar-refractivity contribution is 6.01. The average Bonchev–Trinajstić information content (AvgIpc) is 2.04. The van der Waals surface area contributed by atoms with Crippen LogP contribution in [0.1, 0.15) is 20.7 Å². The number of rotatable bonds is 2. The van der Waals surface area contributed by atoms with Crippen LogP contribution in [0.2, 0.25) is 0 Å². The fourth-order valence-electron chi connectivity index (χ4n) is 0.856. The smallest absolute Gasteiger partial charge is 0.336 e. The van der Waals surface area contributed by atoms with Crippen LogP contribution in [0, 0.1) is 0 Å². The molecule has 1 rings (SSSR count). The van der Waals surface area contributed by atoms with Crippen LogP contribution in [0.5, 0.6) is 0 Å². The van der Waals surface area contributed by atoms with E-state index in [-0.39, 0.29) is 39.7 Å². The normalized spacial score (nSPS) is 8.00. The molecule has 0 radical (unpaired) electrons. The van der Waals surface area contributed by atoms with Gasteiger partial charge in [0, 0.05) is 0 Å².